The van der Waals surface area contributed by atoms with Gasteiger partial charge in [0, 0.05) is 0 Å². The van der Waals surface area contributed by atoms with Gasteiger partial charge < -0.3 is 0 Å². The SMILES string of the molecule is CC(CC(CCN=C=O)N=C=O)N=C=O. The van der Waals surface area contributed by atoms with E-state index in [2.05, 4.69) is 15.0 Å². The van der Waals surface area contributed by atoms with Crippen LogP contribution in [0.3, 0.4) is 0 Å². The predicted molar refractivity (Wildman–Crippen MR) is 51.7 cm³/mol. The Morgan fingerprint density at radius 2 is 1.73 bits per heavy atom. The Morgan fingerprint density at radius 3 is 2.27 bits per heavy atom. The molecule has 0 aromatic carbocycles. The van der Waals surface area contributed by atoms with Gasteiger partial charge in [0.2, 0.25) is 18.2 Å². The Bertz CT molecular complexity index is 323. The summed E-state index contributed by atoms with van der Waals surface area (Å²) < 4.78 is 0. The third-order valence-electron chi connectivity index (χ3n) is 1.76. The highest BCUT2D eigenvalue weighted by Gasteiger charge is 2.11. The van der Waals surface area contributed by atoms with Crippen LogP contribution in [0.15, 0.2) is 15.0 Å². The highest BCUT2D eigenvalue weighted by Crippen LogP contribution is 2.08. The van der Waals surface area contributed by atoms with Crippen molar-refractivity contribution in [1.29, 1.82) is 0 Å². The van der Waals surface area contributed by atoms with Crippen molar-refractivity contribution in [2.75, 3.05) is 6.54 Å². The fourth-order valence-electron chi connectivity index (χ4n) is 1.11. The van der Waals surface area contributed by atoms with Crippen LogP contribution in [-0.2, 0) is 14.4 Å². The van der Waals surface area contributed by atoms with Crippen molar-refractivity contribution in [2.45, 2.75) is 31.8 Å². The Labute approximate surface area is 86.8 Å². The van der Waals surface area contributed by atoms with Crippen molar-refractivity contribution in [3.63, 3.8) is 0 Å². The van der Waals surface area contributed by atoms with Gasteiger partial charge in [-0.2, -0.15) is 0 Å². The van der Waals surface area contributed by atoms with Gasteiger partial charge in [-0.05, 0) is 19.8 Å². The summed E-state index contributed by atoms with van der Waals surface area (Å²) in [7, 11) is 0. The highest BCUT2D eigenvalue weighted by molar-refractivity contribution is 5.34. The van der Waals surface area contributed by atoms with E-state index in [0.717, 1.165) is 0 Å². The van der Waals surface area contributed by atoms with Crippen LogP contribution in [0.1, 0.15) is 19.8 Å². The lowest BCUT2D eigenvalue weighted by molar-refractivity contribution is 0.504. The summed E-state index contributed by atoms with van der Waals surface area (Å²) in [4.78, 5) is 40.2. The van der Waals surface area contributed by atoms with E-state index < -0.39 is 0 Å². The quantitative estimate of drug-likeness (QED) is 0.452. The average Bonchev–Trinajstić information content (AvgIpc) is 2.18. The Morgan fingerprint density at radius 1 is 1.07 bits per heavy atom. The molecule has 0 saturated heterocycles. The number of aliphatic imine (C=N–C) groups is 3. The molecule has 6 heteroatoms. The van der Waals surface area contributed by atoms with Gasteiger partial charge in [-0.3, -0.25) is 0 Å². The molecular formula is C9H11N3O3. The molecule has 6 nitrogen and oxygen atoms in total. The molecule has 80 valence electrons. The van der Waals surface area contributed by atoms with E-state index in [0.29, 0.717) is 12.8 Å². The lowest BCUT2D eigenvalue weighted by atomic mass is 10.1. The van der Waals surface area contributed by atoms with E-state index in [-0.39, 0.29) is 18.6 Å². The van der Waals surface area contributed by atoms with Gasteiger partial charge in [0.25, 0.3) is 0 Å². The minimum atomic E-state index is -0.327. The fourth-order valence-corrected chi connectivity index (χ4v) is 1.11. The minimum Gasteiger partial charge on any atom is -0.211 e. The van der Waals surface area contributed by atoms with Crippen LogP contribution in [0.25, 0.3) is 0 Å². The molecule has 0 aliphatic carbocycles. The largest absolute Gasteiger partial charge is 0.235 e. The number of hydrogen-bond acceptors (Lipinski definition) is 6. The number of hydrogen-bond donors (Lipinski definition) is 0. The normalized spacial score (nSPS) is 12.6. The number of nitrogens with zero attached hydrogens (tertiary/aromatic N) is 3. The summed E-state index contributed by atoms with van der Waals surface area (Å²) >= 11 is 0. The van der Waals surface area contributed by atoms with Crippen molar-refractivity contribution in [3.05, 3.63) is 0 Å². The zero-order valence-corrected chi connectivity index (χ0v) is 8.34. The molecule has 15 heavy (non-hydrogen) atoms. The number of rotatable bonds is 7. The van der Waals surface area contributed by atoms with E-state index in [1.165, 1.54) is 18.2 Å². The smallest absolute Gasteiger partial charge is 0.211 e. The lowest BCUT2D eigenvalue weighted by Crippen LogP contribution is -2.13. The summed E-state index contributed by atoms with van der Waals surface area (Å²) in [6, 6.07) is -0.587. The van der Waals surface area contributed by atoms with Crippen molar-refractivity contribution < 1.29 is 14.4 Å². The molecule has 0 aromatic rings. The molecule has 0 fully saturated rings. The molecule has 0 aromatic heterocycles. The predicted octanol–water partition coefficient (Wildman–Crippen LogP) is 0.531. The van der Waals surface area contributed by atoms with Crippen molar-refractivity contribution in [3.8, 4) is 0 Å². The van der Waals surface area contributed by atoms with E-state index in [9.17, 15) is 14.4 Å². The molecule has 0 radical (unpaired) electrons. The van der Waals surface area contributed by atoms with E-state index in [4.69, 9.17) is 0 Å². The van der Waals surface area contributed by atoms with Gasteiger partial charge in [-0.1, -0.05) is 0 Å². The van der Waals surface area contributed by atoms with Gasteiger partial charge in [-0.15, -0.1) is 0 Å². The zero-order chi connectivity index (χ0) is 11.5. The molecule has 2 unspecified atom stereocenters. The standard InChI is InChI=1S/C9H11N3O3/c1-8(11-6-14)4-9(12-7-15)2-3-10-5-13/h8-9H,2-4H2,1H3. The summed E-state index contributed by atoms with van der Waals surface area (Å²) in [5, 5.41) is 0. The van der Waals surface area contributed by atoms with Gasteiger partial charge in [0.05, 0.1) is 18.6 Å². The van der Waals surface area contributed by atoms with E-state index in [1.807, 2.05) is 0 Å². The number of carbonyl (C=O) groups excluding carboxylic acids is 3. The zero-order valence-electron chi connectivity index (χ0n) is 8.34. The third-order valence-corrected chi connectivity index (χ3v) is 1.76. The van der Waals surface area contributed by atoms with Crippen LogP contribution >= 0.6 is 0 Å². The molecule has 0 amide bonds. The van der Waals surface area contributed by atoms with Crippen LogP contribution in [0, 0.1) is 0 Å². The first-order valence-corrected chi connectivity index (χ1v) is 4.42. The second kappa shape index (κ2) is 8.73. The summed E-state index contributed by atoms with van der Waals surface area (Å²) in [6.07, 6.45) is 5.12. The first-order chi connectivity index (χ1) is 7.24. The van der Waals surface area contributed by atoms with E-state index in [1.54, 1.807) is 6.92 Å². The Kier molecular flexibility index (Phi) is 7.64. The van der Waals surface area contributed by atoms with Crippen LogP contribution in [0.4, 0.5) is 0 Å². The van der Waals surface area contributed by atoms with Gasteiger partial charge >= 0.3 is 0 Å². The maximum atomic E-state index is 10.1. The van der Waals surface area contributed by atoms with Crippen LogP contribution < -0.4 is 0 Å². The average molecular weight is 209 g/mol. The second-order valence-corrected chi connectivity index (χ2v) is 2.94. The molecule has 0 bridgehead atoms. The minimum absolute atomic E-state index is 0.247. The molecule has 2 atom stereocenters. The summed E-state index contributed by atoms with van der Waals surface area (Å²) in [5.41, 5.74) is 0. The van der Waals surface area contributed by atoms with Crippen LogP contribution in [0.5, 0.6) is 0 Å². The van der Waals surface area contributed by atoms with Gasteiger partial charge in [0.1, 0.15) is 0 Å². The molecule has 0 heterocycles. The first kappa shape index (κ1) is 13.1. The second-order valence-electron chi connectivity index (χ2n) is 2.94. The maximum absolute atomic E-state index is 10.1. The monoisotopic (exact) mass is 209 g/mol. The first-order valence-electron chi connectivity index (χ1n) is 4.42. The highest BCUT2D eigenvalue weighted by atomic mass is 16.1. The molecule has 0 spiro atoms. The van der Waals surface area contributed by atoms with Crippen molar-refractivity contribution >= 4 is 18.2 Å². The topological polar surface area (TPSA) is 88.3 Å². The fraction of sp³-hybridized carbons (Fsp3) is 0.667. The van der Waals surface area contributed by atoms with Gasteiger partial charge in [-0.25, -0.2) is 29.4 Å². The molecule has 0 rings (SSSR count). The van der Waals surface area contributed by atoms with Crippen molar-refractivity contribution in [2.24, 2.45) is 15.0 Å². The molecule has 0 saturated carbocycles. The third kappa shape index (κ3) is 7.23. The molecule has 0 aliphatic rings. The maximum Gasteiger partial charge on any atom is 0.235 e. The lowest BCUT2D eigenvalue weighted by Gasteiger charge is -2.10. The summed E-state index contributed by atoms with van der Waals surface area (Å²) in [5.74, 6) is 0. The molecule has 0 N–H and O–H groups in total. The number of isocyanates is 3. The van der Waals surface area contributed by atoms with E-state index >= 15 is 0 Å². The molecule has 0 aliphatic heterocycles. The van der Waals surface area contributed by atoms with Crippen molar-refractivity contribution in [1.82, 2.24) is 0 Å². The Hall–Kier alpha value is -1.86. The Balaban J connectivity index is 4.19. The van der Waals surface area contributed by atoms with Gasteiger partial charge in [0.15, 0.2) is 0 Å². The van der Waals surface area contributed by atoms with Crippen LogP contribution in [-0.4, -0.2) is 36.9 Å². The van der Waals surface area contributed by atoms with Crippen LogP contribution in [0.2, 0.25) is 0 Å². The molecular weight excluding hydrogens is 198 g/mol. The summed E-state index contributed by atoms with van der Waals surface area (Å²) in [6.45, 7) is 1.96.